The number of nitrogens with one attached hydrogen (secondary N) is 1. The third kappa shape index (κ3) is 1.72. The molecule has 2 aromatic rings. The molecule has 80 valence electrons. The molecule has 0 fully saturated rings. The summed E-state index contributed by atoms with van der Waals surface area (Å²) < 4.78 is 2.86. The second-order valence-corrected chi connectivity index (χ2v) is 4.24. The van der Waals surface area contributed by atoms with E-state index < -0.39 is 0 Å². The predicted molar refractivity (Wildman–Crippen MR) is 64.8 cm³/mol. The number of hydrogen-bond acceptors (Lipinski definition) is 3. The Morgan fingerprint density at radius 1 is 1.60 bits per heavy atom. The Morgan fingerprint density at radius 2 is 2.33 bits per heavy atom. The van der Waals surface area contributed by atoms with Crippen molar-refractivity contribution >= 4 is 27.1 Å². The van der Waals surface area contributed by atoms with E-state index in [0.29, 0.717) is 0 Å². The molecular weight excluding hydrogens is 256 g/mol. The zero-order valence-corrected chi connectivity index (χ0v) is 10.2. The maximum atomic E-state index is 5.73. The molecule has 15 heavy (non-hydrogen) atoms. The normalized spacial score (nSPS) is 13.3. The topological polar surface area (TPSA) is 55.3 Å². The molecule has 1 unspecified atom stereocenters. The van der Waals surface area contributed by atoms with Gasteiger partial charge in [-0.2, -0.15) is 0 Å². The highest BCUT2D eigenvalue weighted by Crippen LogP contribution is 2.23. The van der Waals surface area contributed by atoms with Crippen LogP contribution in [0.3, 0.4) is 0 Å². The number of imidazole rings is 1. The molecule has 0 aliphatic carbocycles. The van der Waals surface area contributed by atoms with E-state index in [4.69, 9.17) is 5.73 Å². The minimum absolute atomic E-state index is 0.201. The molecule has 5 heteroatoms. The molecule has 2 rings (SSSR count). The highest BCUT2D eigenvalue weighted by atomic mass is 79.9. The molecular formula is C10H13BrN4. The number of aromatic nitrogens is 2. The Balaban J connectivity index is 2.68. The Labute approximate surface area is 96.6 Å². The van der Waals surface area contributed by atoms with E-state index in [1.807, 2.05) is 29.8 Å². The molecule has 0 spiro atoms. The number of nitrogens with two attached hydrogens (primary N) is 1. The van der Waals surface area contributed by atoms with Gasteiger partial charge in [0.1, 0.15) is 10.4 Å². The van der Waals surface area contributed by atoms with Gasteiger partial charge in [-0.05, 0) is 42.0 Å². The average Bonchev–Trinajstić information content (AvgIpc) is 2.55. The van der Waals surface area contributed by atoms with Crippen LogP contribution < -0.4 is 11.1 Å². The van der Waals surface area contributed by atoms with Gasteiger partial charge >= 0.3 is 0 Å². The molecule has 0 aliphatic heterocycles. The van der Waals surface area contributed by atoms with Gasteiger partial charge < -0.3 is 15.5 Å². The van der Waals surface area contributed by atoms with Crippen LogP contribution >= 0.6 is 15.9 Å². The maximum absolute atomic E-state index is 5.73. The lowest BCUT2D eigenvalue weighted by Crippen LogP contribution is -2.15. The minimum atomic E-state index is 0.201. The molecule has 0 amide bonds. The number of hydrogen-bond donors (Lipinski definition) is 2. The number of pyridine rings is 1. The first kappa shape index (κ1) is 10.4. The van der Waals surface area contributed by atoms with E-state index in [1.54, 1.807) is 0 Å². The van der Waals surface area contributed by atoms with Crippen molar-refractivity contribution in [1.29, 1.82) is 0 Å². The zero-order valence-electron chi connectivity index (χ0n) is 8.66. The maximum Gasteiger partial charge on any atom is 0.132 e. The SMILES string of the molecule is CNC(C)c1nc(Br)c2cc(N)ccn12. The van der Waals surface area contributed by atoms with E-state index in [1.165, 1.54) is 0 Å². The first-order valence-corrected chi connectivity index (χ1v) is 5.53. The lowest BCUT2D eigenvalue weighted by molar-refractivity contribution is 0.607. The number of nitrogen functional groups attached to an aromatic ring is 1. The van der Waals surface area contributed by atoms with Crippen LogP contribution in [-0.2, 0) is 0 Å². The van der Waals surface area contributed by atoms with Gasteiger partial charge in [0.2, 0.25) is 0 Å². The molecule has 0 saturated heterocycles. The van der Waals surface area contributed by atoms with Gasteiger partial charge in [0.25, 0.3) is 0 Å². The summed E-state index contributed by atoms with van der Waals surface area (Å²) >= 11 is 3.43. The predicted octanol–water partition coefficient (Wildman–Crippen LogP) is 1.96. The summed E-state index contributed by atoms with van der Waals surface area (Å²) in [6, 6.07) is 3.98. The quantitative estimate of drug-likeness (QED) is 0.876. The van der Waals surface area contributed by atoms with Crippen molar-refractivity contribution in [2.75, 3.05) is 12.8 Å². The molecule has 4 nitrogen and oxygen atoms in total. The van der Waals surface area contributed by atoms with Crippen LogP contribution in [0.2, 0.25) is 0 Å². The summed E-state index contributed by atoms with van der Waals surface area (Å²) in [5, 5.41) is 3.17. The Hall–Kier alpha value is -1.07. The molecule has 2 heterocycles. The first-order valence-electron chi connectivity index (χ1n) is 4.73. The van der Waals surface area contributed by atoms with E-state index in [2.05, 4.69) is 33.2 Å². The molecule has 0 radical (unpaired) electrons. The van der Waals surface area contributed by atoms with Gasteiger partial charge in [-0.3, -0.25) is 0 Å². The number of anilines is 1. The van der Waals surface area contributed by atoms with E-state index in [9.17, 15) is 0 Å². The van der Waals surface area contributed by atoms with Crippen molar-refractivity contribution in [1.82, 2.24) is 14.7 Å². The Kier molecular flexibility index (Phi) is 2.67. The van der Waals surface area contributed by atoms with Crippen molar-refractivity contribution in [2.24, 2.45) is 0 Å². The fraction of sp³-hybridized carbons (Fsp3) is 0.300. The van der Waals surface area contributed by atoms with Crippen molar-refractivity contribution in [3.8, 4) is 0 Å². The number of fused-ring (bicyclic) bond motifs is 1. The summed E-state index contributed by atoms with van der Waals surface area (Å²) in [4.78, 5) is 4.46. The number of halogens is 1. The van der Waals surface area contributed by atoms with E-state index >= 15 is 0 Å². The monoisotopic (exact) mass is 268 g/mol. The lowest BCUT2D eigenvalue weighted by Gasteiger charge is -2.08. The van der Waals surface area contributed by atoms with Crippen LogP contribution in [0.1, 0.15) is 18.8 Å². The third-order valence-corrected chi connectivity index (χ3v) is 3.05. The summed E-state index contributed by atoms with van der Waals surface area (Å²) in [5.41, 5.74) is 7.47. The van der Waals surface area contributed by atoms with Gasteiger partial charge in [0, 0.05) is 11.9 Å². The third-order valence-electron chi connectivity index (χ3n) is 2.47. The number of nitrogens with zero attached hydrogens (tertiary/aromatic N) is 2. The van der Waals surface area contributed by atoms with Crippen LogP contribution in [-0.4, -0.2) is 16.4 Å². The van der Waals surface area contributed by atoms with Crippen molar-refractivity contribution < 1.29 is 0 Å². The van der Waals surface area contributed by atoms with Gasteiger partial charge in [0.15, 0.2) is 0 Å². The molecule has 0 aliphatic rings. The largest absolute Gasteiger partial charge is 0.399 e. The summed E-state index contributed by atoms with van der Waals surface area (Å²) in [6.45, 7) is 2.07. The van der Waals surface area contributed by atoms with Crippen molar-refractivity contribution in [3.63, 3.8) is 0 Å². The minimum Gasteiger partial charge on any atom is -0.399 e. The highest BCUT2D eigenvalue weighted by Gasteiger charge is 2.13. The Morgan fingerprint density at radius 3 is 3.00 bits per heavy atom. The fourth-order valence-corrected chi connectivity index (χ4v) is 2.01. The fourth-order valence-electron chi connectivity index (χ4n) is 1.52. The standard InChI is InChI=1S/C10H13BrN4/c1-6(13-2)10-14-9(11)8-5-7(12)3-4-15(8)10/h3-6,13H,12H2,1-2H3. The second-order valence-electron chi connectivity index (χ2n) is 3.49. The zero-order chi connectivity index (χ0) is 11.0. The van der Waals surface area contributed by atoms with Gasteiger partial charge in [0.05, 0.1) is 11.6 Å². The van der Waals surface area contributed by atoms with Crippen LogP contribution in [0.5, 0.6) is 0 Å². The second kappa shape index (κ2) is 3.83. The number of rotatable bonds is 2. The Bertz CT molecular complexity index is 491. The molecule has 3 N–H and O–H groups in total. The van der Waals surface area contributed by atoms with E-state index in [-0.39, 0.29) is 6.04 Å². The first-order chi connectivity index (χ1) is 7.13. The van der Waals surface area contributed by atoms with Crippen LogP contribution in [0, 0.1) is 0 Å². The average molecular weight is 269 g/mol. The van der Waals surface area contributed by atoms with Gasteiger partial charge in [-0.25, -0.2) is 4.98 Å². The molecule has 1 atom stereocenters. The summed E-state index contributed by atoms with van der Waals surface area (Å²) in [6.07, 6.45) is 1.94. The lowest BCUT2D eigenvalue weighted by atomic mass is 10.3. The van der Waals surface area contributed by atoms with Crippen molar-refractivity contribution in [3.05, 3.63) is 28.8 Å². The van der Waals surface area contributed by atoms with Gasteiger partial charge in [-0.1, -0.05) is 0 Å². The van der Waals surface area contributed by atoms with Crippen LogP contribution in [0.25, 0.3) is 5.52 Å². The highest BCUT2D eigenvalue weighted by molar-refractivity contribution is 9.10. The van der Waals surface area contributed by atoms with Crippen molar-refractivity contribution in [2.45, 2.75) is 13.0 Å². The van der Waals surface area contributed by atoms with Gasteiger partial charge in [-0.15, -0.1) is 0 Å². The molecule has 0 aromatic carbocycles. The van der Waals surface area contributed by atoms with Crippen LogP contribution in [0.15, 0.2) is 22.9 Å². The smallest absolute Gasteiger partial charge is 0.132 e. The van der Waals surface area contributed by atoms with E-state index in [0.717, 1.165) is 21.6 Å². The molecule has 0 bridgehead atoms. The summed E-state index contributed by atoms with van der Waals surface area (Å²) in [7, 11) is 1.91. The molecule has 2 aromatic heterocycles. The van der Waals surface area contributed by atoms with Crippen LogP contribution in [0.4, 0.5) is 5.69 Å². The molecule has 0 saturated carbocycles. The summed E-state index contributed by atoms with van der Waals surface area (Å²) in [5.74, 6) is 0.972.